The van der Waals surface area contributed by atoms with Crippen LogP contribution < -0.4 is 5.73 Å². The average molecular weight is 383 g/mol. The number of carboxylic acid groups (broad SMARTS) is 1. The number of nitro groups is 1. The fourth-order valence-electron chi connectivity index (χ4n) is 2.43. The molecule has 10 nitrogen and oxygen atoms in total. The maximum atomic E-state index is 12.3. The van der Waals surface area contributed by atoms with Gasteiger partial charge in [0.25, 0.3) is 5.69 Å². The minimum absolute atomic E-state index is 0.0112. The molecule has 140 valence electrons. The summed E-state index contributed by atoms with van der Waals surface area (Å²) < 4.78 is 5.30. The fraction of sp³-hybridized carbons (Fsp3) is 0.400. The molecule has 0 aliphatic carbocycles. The van der Waals surface area contributed by atoms with Crippen molar-refractivity contribution in [2.24, 2.45) is 5.73 Å². The van der Waals surface area contributed by atoms with Crippen LogP contribution in [0.4, 0.5) is 5.69 Å². The lowest BCUT2D eigenvalue weighted by atomic mass is 10.2. The molecular formula is C15H17N3O7S. The van der Waals surface area contributed by atoms with Gasteiger partial charge in [0.15, 0.2) is 0 Å². The Bertz CT molecular complexity index is 740. The van der Waals surface area contributed by atoms with Gasteiger partial charge in [0, 0.05) is 24.7 Å². The van der Waals surface area contributed by atoms with E-state index in [0.29, 0.717) is 6.54 Å². The number of morpholine rings is 1. The predicted molar refractivity (Wildman–Crippen MR) is 90.9 cm³/mol. The maximum Gasteiger partial charge on any atom is 0.306 e. The number of nitrogens with zero attached hydrogens (tertiary/aromatic N) is 2. The van der Waals surface area contributed by atoms with Crippen LogP contribution in [0.3, 0.4) is 0 Å². The van der Waals surface area contributed by atoms with Crippen LogP contribution in [0.2, 0.25) is 0 Å². The second-order valence-electron chi connectivity index (χ2n) is 5.52. The number of rotatable bonds is 7. The second kappa shape index (κ2) is 8.63. The first-order chi connectivity index (χ1) is 12.3. The number of carboxylic acids is 1. The van der Waals surface area contributed by atoms with Crippen molar-refractivity contribution in [1.29, 1.82) is 0 Å². The molecular weight excluding hydrogens is 366 g/mol. The van der Waals surface area contributed by atoms with E-state index in [0.717, 1.165) is 17.8 Å². The number of amides is 2. The molecule has 2 rings (SSSR count). The molecule has 1 heterocycles. The highest BCUT2D eigenvalue weighted by atomic mass is 32.2. The predicted octanol–water partition coefficient (Wildman–Crippen LogP) is 0.488. The molecule has 0 spiro atoms. The zero-order valence-electron chi connectivity index (χ0n) is 13.6. The lowest BCUT2D eigenvalue weighted by Crippen LogP contribution is -2.46. The summed E-state index contributed by atoms with van der Waals surface area (Å²) in [5.41, 5.74) is 4.83. The van der Waals surface area contributed by atoms with E-state index in [1.165, 1.54) is 17.0 Å². The van der Waals surface area contributed by atoms with Crippen LogP contribution >= 0.6 is 11.8 Å². The van der Waals surface area contributed by atoms with Crippen molar-refractivity contribution in [2.75, 3.05) is 25.4 Å². The number of carbonyl (C=O) groups excluding carboxylic acids is 2. The van der Waals surface area contributed by atoms with Gasteiger partial charge < -0.3 is 20.5 Å². The molecule has 1 aromatic rings. The smallest absolute Gasteiger partial charge is 0.306 e. The first kappa shape index (κ1) is 19.7. The van der Waals surface area contributed by atoms with E-state index in [1.54, 1.807) is 0 Å². The van der Waals surface area contributed by atoms with Crippen molar-refractivity contribution in [2.45, 2.75) is 17.4 Å². The zero-order valence-corrected chi connectivity index (χ0v) is 14.4. The largest absolute Gasteiger partial charge is 0.481 e. The Morgan fingerprint density at radius 3 is 2.77 bits per heavy atom. The molecule has 26 heavy (non-hydrogen) atoms. The highest BCUT2D eigenvalue weighted by Crippen LogP contribution is 2.30. The summed E-state index contributed by atoms with van der Waals surface area (Å²) >= 11 is 0.971. The summed E-state index contributed by atoms with van der Waals surface area (Å²) in [6.07, 6.45) is -0.767. The Hall–Kier alpha value is -2.66. The number of ether oxygens (including phenoxy) is 1. The SMILES string of the molecule is NC(=O)c1ccc(SCC(=O)N2CCOC(CC(=O)O)C2)c([N+](=O)[O-])c1. The molecule has 2 amide bonds. The Balaban J connectivity index is 2.01. The van der Waals surface area contributed by atoms with Crippen LogP contribution in [0.15, 0.2) is 23.1 Å². The van der Waals surface area contributed by atoms with Crippen molar-refractivity contribution >= 4 is 35.2 Å². The first-order valence-electron chi connectivity index (χ1n) is 7.60. The summed E-state index contributed by atoms with van der Waals surface area (Å²) in [5.74, 6) is -2.12. The molecule has 0 aromatic heterocycles. The van der Waals surface area contributed by atoms with Crippen molar-refractivity contribution in [3.8, 4) is 0 Å². The third-order valence-corrected chi connectivity index (χ3v) is 4.73. The summed E-state index contributed by atoms with van der Waals surface area (Å²) in [6, 6.07) is 3.81. The average Bonchev–Trinajstić information content (AvgIpc) is 2.58. The Morgan fingerprint density at radius 1 is 1.42 bits per heavy atom. The quantitative estimate of drug-likeness (QED) is 0.392. The zero-order chi connectivity index (χ0) is 19.3. The second-order valence-corrected chi connectivity index (χ2v) is 6.54. The van der Waals surface area contributed by atoms with Gasteiger partial charge in [0.05, 0.1) is 34.7 Å². The van der Waals surface area contributed by atoms with Gasteiger partial charge in [-0.3, -0.25) is 24.5 Å². The molecule has 1 saturated heterocycles. The van der Waals surface area contributed by atoms with Gasteiger partial charge in [-0.2, -0.15) is 0 Å². The van der Waals surface area contributed by atoms with Gasteiger partial charge in [-0.05, 0) is 12.1 Å². The van der Waals surface area contributed by atoms with Gasteiger partial charge in [-0.15, -0.1) is 11.8 Å². The number of primary amides is 1. The summed E-state index contributed by atoms with van der Waals surface area (Å²) in [5, 5.41) is 20.0. The fourth-order valence-corrected chi connectivity index (χ4v) is 3.34. The highest BCUT2D eigenvalue weighted by Gasteiger charge is 2.26. The normalized spacial score (nSPS) is 16.9. The van der Waals surface area contributed by atoms with Crippen LogP contribution in [0.5, 0.6) is 0 Å². The topological polar surface area (TPSA) is 153 Å². The van der Waals surface area contributed by atoms with E-state index in [1.807, 2.05) is 0 Å². The van der Waals surface area contributed by atoms with Crippen molar-refractivity contribution in [3.63, 3.8) is 0 Å². The van der Waals surface area contributed by atoms with Gasteiger partial charge in [0.1, 0.15) is 0 Å². The van der Waals surface area contributed by atoms with E-state index in [4.69, 9.17) is 15.6 Å². The number of aliphatic carboxylic acids is 1. The van der Waals surface area contributed by atoms with E-state index in [2.05, 4.69) is 0 Å². The Kier molecular flexibility index (Phi) is 6.52. The van der Waals surface area contributed by atoms with Crippen molar-refractivity contribution in [3.05, 3.63) is 33.9 Å². The molecule has 1 aliphatic rings. The molecule has 1 atom stereocenters. The van der Waals surface area contributed by atoms with Crippen LogP contribution in [0, 0.1) is 10.1 Å². The lowest BCUT2D eigenvalue weighted by Gasteiger charge is -2.32. The molecule has 1 aliphatic heterocycles. The van der Waals surface area contributed by atoms with E-state index in [9.17, 15) is 24.5 Å². The van der Waals surface area contributed by atoms with Crippen LogP contribution in [-0.4, -0.2) is 64.3 Å². The molecule has 1 fully saturated rings. The number of hydrogen-bond donors (Lipinski definition) is 2. The van der Waals surface area contributed by atoms with Crippen molar-refractivity contribution < 1.29 is 29.2 Å². The third-order valence-electron chi connectivity index (χ3n) is 3.69. The summed E-state index contributed by atoms with van der Waals surface area (Å²) in [4.78, 5) is 46.4. The number of benzene rings is 1. The lowest BCUT2D eigenvalue weighted by molar-refractivity contribution is -0.387. The van der Waals surface area contributed by atoms with Crippen LogP contribution in [0.25, 0.3) is 0 Å². The standard InChI is InChI=1S/C15H17N3O7S/c16-15(22)9-1-2-12(11(5-9)18(23)24)26-8-13(19)17-3-4-25-10(7-17)6-14(20)21/h1-2,5,10H,3-4,6-8H2,(H2,16,22)(H,20,21). The summed E-state index contributed by atoms with van der Waals surface area (Å²) in [7, 11) is 0. The van der Waals surface area contributed by atoms with Gasteiger partial charge in [0.2, 0.25) is 11.8 Å². The number of thioether (sulfide) groups is 1. The van der Waals surface area contributed by atoms with E-state index >= 15 is 0 Å². The number of nitro benzene ring substituents is 1. The highest BCUT2D eigenvalue weighted by molar-refractivity contribution is 8.00. The van der Waals surface area contributed by atoms with Gasteiger partial charge >= 0.3 is 5.97 Å². The molecule has 3 N–H and O–H groups in total. The molecule has 0 saturated carbocycles. The van der Waals surface area contributed by atoms with E-state index < -0.39 is 22.9 Å². The van der Waals surface area contributed by atoms with E-state index in [-0.39, 0.29) is 47.4 Å². The minimum atomic E-state index is -1.01. The maximum absolute atomic E-state index is 12.3. The van der Waals surface area contributed by atoms with Crippen LogP contribution in [0.1, 0.15) is 16.8 Å². The third kappa shape index (κ3) is 5.17. The minimum Gasteiger partial charge on any atom is -0.481 e. The van der Waals surface area contributed by atoms with Gasteiger partial charge in [-0.1, -0.05) is 0 Å². The number of carbonyl (C=O) groups is 3. The monoisotopic (exact) mass is 383 g/mol. The van der Waals surface area contributed by atoms with Crippen molar-refractivity contribution in [1.82, 2.24) is 4.90 Å². The molecule has 1 unspecified atom stereocenters. The number of hydrogen-bond acceptors (Lipinski definition) is 7. The molecule has 1 aromatic carbocycles. The molecule has 0 bridgehead atoms. The van der Waals surface area contributed by atoms with Gasteiger partial charge in [-0.25, -0.2) is 0 Å². The molecule has 11 heteroatoms. The molecule has 0 radical (unpaired) electrons. The van der Waals surface area contributed by atoms with Crippen LogP contribution in [-0.2, 0) is 14.3 Å². The summed E-state index contributed by atoms with van der Waals surface area (Å²) in [6.45, 7) is 0.731. The Morgan fingerprint density at radius 2 is 2.15 bits per heavy atom. The first-order valence-corrected chi connectivity index (χ1v) is 8.58. The Labute approximate surface area is 152 Å². The number of nitrogens with two attached hydrogens (primary N) is 1.